The maximum absolute atomic E-state index is 6.42. The maximum atomic E-state index is 6.42. The van der Waals surface area contributed by atoms with Crippen molar-refractivity contribution in [2.24, 2.45) is 5.73 Å². The second kappa shape index (κ2) is 5.78. The van der Waals surface area contributed by atoms with Gasteiger partial charge in [-0.15, -0.1) is 11.3 Å². The van der Waals surface area contributed by atoms with Crippen LogP contribution in [0.15, 0.2) is 50.7 Å². The molecule has 1 atom stereocenters. The van der Waals surface area contributed by atoms with E-state index in [1.807, 2.05) is 30.3 Å². The number of thiophene rings is 1. The summed E-state index contributed by atoms with van der Waals surface area (Å²) >= 11 is 14.8. The minimum absolute atomic E-state index is 0.161. The number of rotatable bonds is 2. The SMILES string of the molecule is NC(c1ccc(Cl)c(Br)c1)c1csc2c(Br)cccc12. The first-order chi connectivity index (χ1) is 9.58. The van der Waals surface area contributed by atoms with Gasteiger partial charge in [0.25, 0.3) is 0 Å². The molecule has 3 rings (SSSR count). The molecule has 102 valence electrons. The number of halogens is 3. The molecule has 0 spiro atoms. The molecular formula is C15H10Br2ClNS. The highest BCUT2D eigenvalue weighted by Crippen LogP contribution is 2.37. The van der Waals surface area contributed by atoms with E-state index < -0.39 is 0 Å². The highest BCUT2D eigenvalue weighted by atomic mass is 79.9. The Hall–Kier alpha value is -0.390. The minimum atomic E-state index is -0.161. The largest absolute Gasteiger partial charge is 0.320 e. The lowest BCUT2D eigenvalue weighted by molar-refractivity contribution is 0.884. The van der Waals surface area contributed by atoms with E-state index in [4.69, 9.17) is 17.3 Å². The second-order valence-corrected chi connectivity index (χ2v) is 7.45. The number of fused-ring (bicyclic) bond motifs is 1. The average molecular weight is 432 g/mol. The van der Waals surface area contributed by atoms with E-state index in [9.17, 15) is 0 Å². The molecule has 0 aliphatic heterocycles. The summed E-state index contributed by atoms with van der Waals surface area (Å²) in [5.74, 6) is 0. The number of benzene rings is 2. The van der Waals surface area contributed by atoms with Crippen molar-refractivity contribution in [2.45, 2.75) is 6.04 Å². The molecule has 5 heteroatoms. The number of hydrogen-bond acceptors (Lipinski definition) is 2. The van der Waals surface area contributed by atoms with Crippen molar-refractivity contribution >= 4 is 64.9 Å². The molecule has 1 nitrogen and oxygen atoms in total. The predicted octanol–water partition coefficient (Wildman–Crippen LogP) is 6.13. The Morgan fingerprint density at radius 2 is 1.90 bits per heavy atom. The predicted molar refractivity (Wildman–Crippen MR) is 94.7 cm³/mol. The summed E-state index contributed by atoms with van der Waals surface area (Å²) < 4.78 is 3.20. The van der Waals surface area contributed by atoms with Crippen LogP contribution in [-0.2, 0) is 0 Å². The van der Waals surface area contributed by atoms with Crippen LogP contribution in [0.5, 0.6) is 0 Å². The Balaban J connectivity index is 2.10. The van der Waals surface area contributed by atoms with Gasteiger partial charge in [-0.3, -0.25) is 0 Å². The van der Waals surface area contributed by atoms with E-state index in [2.05, 4.69) is 43.3 Å². The van der Waals surface area contributed by atoms with Gasteiger partial charge < -0.3 is 5.73 Å². The lowest BCUT2D eigenvalue weighted by Gasteiger charge is -2.12. The summed E-state index contributed by atoms with van der Waals surface area (Å²) in [4.78, 5) is 0. The molecule has 0 saturated heterocycles. The molecule has 0 amide bonds. The van der Waals surface area contributed by atoms with Crippen LogP contribution in [-0.4, -0.2) is 0 Å². The zero-order chi connectivity index (χ0) is 14.3. The monoisotopic (exact) mass is 429 g/mol. The van der Waals surface area contributed by atoms with Crippen LogP contribution in [0.1, 0.15) is 17.2 Å². The van der Waals surface area contributed by atoms with E-state index >= 15 is 0 Å². The van der Waals surface area contributed by atoms with Gasteiger partial charge in [0, 0.05) is 13.6 Å². The van der Waals surface area contributed by atoms with E-state index in [1.165, 1.54) is 10.1 Å². The molecule has 0 aliphatic rings. The molecule has 20 heavy (non-hydrogen) atoms. The van der Waals surface area contributed by atoms with Crippen molar-refractivity contribution < 1.29 is 0 Å². The Bertz CT molecular complexity index is 785. The molecule has 3 aromatic rings. The number of hydrogen-bond donors (Lipinski definition) is 1. The molecule has 0 radical (unpaired) electrons. The van der Waals surface area contributed by atoms with Crippen LogP contribution in [0.3, 0.4) is 0 Å². The van der Waals surface area contributed by atoms with Crippen molar-refractivity contribution in [3.05, 3.63) is 66.9 Å². The molecule has 2 N–H and O–H groups in total. The average Bonchev–Trinajstić information content (AvgIpc) is 2.86. The zero-order valence-electron chi connectivity index (χ0n) is 10.2. The van der Waals surface area contributed by atoms with Crippen LogP contribution >= 0.6 is 54.8 Å². The number of nitrogens with two attached hydrogens (primary N) is 1. The van der Waals surface area contributed by atoms with Gasteiger partial charge in [0.1, 0.15) is 0 Å². The van der Waals surface area contributed by atoms with E-state index in [1.54, 1.807) is 11.3 Å². The lowest BCUT2D eigenvalue weighted by Crippen LogP contribution is -2.11. The van der Waals surface area contributed by atoms with Gasteiger partial charge >= 0.3 is 0 Å². The van der Waals surface area contributed by atoms with Crippen molar-refractivity contribution in [1.82, 2.24) is 0 Å². The van der Waals surface area contributed by atoms with E-state index in [-0.39, 0.29) is 6.04 Å². The van der Waals surface area contributed by atoms with Gasteiger partial charge in [-0.25, -0.2) is 0 Å². The molecule has 0 aliphatic carbocycles. The Morgan fingerprint density at radius 3 is 2.65 bits per heavy atom. The van der Waals surface area contributed by atoms with Crippen molar-refractivity contribution in [1.29, 1.82) is 0 Å². The van der Waals surface area contributed by atoms with Gasteiger partial charge in [0.15, 0.2) is 0 Å². The molecule has 0 bridgehead atoms. The third-order valence-electron chi connectivity index (χ3n) is 3.22. The van der Waals surface area contributed by atoms with Crippen LogP contribution in [0, 0.1) is 0 Å². The van der Waals surface area contributed by atoms with E-state index in [0.717, 1.165) is 20.1 Å². The van der Waals surface area contributed by atoms with Crippen molar-refractivity contribution in [3.8, 4) is 0 Å². The second-order valence-electron chi connectivity index (χ2n) is 4.46. The summed E-state index contributed by atoms with van der Waals surface area (Å²) in [5.41, 5.74) is 8.61. The van der Waals surface area contributed by atoms with Gasteiger partial charge in [0.2, 0.25) is 0 Å². The van der Waals surface area contributed by atoms with Crippen molar-refractivity contribution in [3.63, 3.8) is 0 Å². The fraction of sp³-hybridized carbons (Fsp3) is 0.0667. The molecule has 0 saturated carbocycles. The summed E-state index contributed by atoms with van der Waals surface area (Å²) in [6.07, 6.45) is 0. The molecule has 0 fully saturated rings. The smallest absolute Gasteiger partial charge is 0.0566 e. The fourth-order valence-corrected chi connectivity index (χ4v) is 4.34. The maximum Gasteiger partial charge on any atom is 0.0566 e. The molecule has 2 aromatic carbocycles. The van der Waals surface area contributed by atoms with Crippen molar-refractivity contribution in [2.75, 3.05) is 0 Å². The zero-order valence-corrected chi connectivity index (χ0v) is 15.0. The topological polar surface area (TPSA) is 26.0 Å². The standard InChI is InChI=1S/C15H10Br2ClNS/c16-11-3-1-2-9-10(7-20-15(9)11)14(19)8-4-5-13(18)12(17)6-8/h1-7,14H,19H2. The van der Waals surface area contributed by atoms with E-state index in [0.29, 0.717) is 5.02 Å². The Kier molecular flexibility index (Phi) is 4.20. The lowest BCUT2D eigenvalue weighted by atomic mass is 9.99. The Morgan fingerprint density at radius 1 is 1.10 bits per heavy atom. The van der Waals surface area contributed by atoms with Crippen LogP contribution < -0.4 is 5.73 Å². The quantitative estimate of drug-likeness (QED) is 0.519. The summed E-state index contributed by atoms with van der Waals surface area (Å²) in [6.45, 7) is 0. The molecule has 1 aromatic heterocycles. The van der Waals surface area contributed by atoms with Gasteiger partial charge in [0.05, 0.1) is 11.1 Å². The van der Waals surface area contributed by atoms with Crippen LogP contribution in [0.2, 0.25) is 5.02 Å². The first-order valence-electron chi connectivity index (χ1n) is 5.94. The van der Waals surface area contributed by atoms with Crippen LogP contribution in [0.25, 0.3) is 10.1 Å². The summed E-state index contributed by atoms with van der Waals surface area (Å²) in [7, 11) is 0. The summed E-state index contributed by atoms with van der Waals surface area (Å²) in [6, 6.07) is 11.8. The van der Waals surface area contributed by atoms with Crippen LogP contribution in [0.4, 0.5) is 0 Å². The first-order valence-corrected chi connectivity index (χ1v) is 8.78. The Labute approximate surface area is 143 Å². The normalized spacial score (nSPS) is 12.8. The third kappa shape index (κ3) is 2.55. The van der Waals surface area contributed by atoms with Gasteiger partial charge in [-0.1, -0.05) is 29.8 Å². The molecule has 1 unspecified atom stereocenters. The first kappa shape index (κ1) is 14.5. The minimum Gasteiger partial charge on any atom is -0.320 e. The fourth-order valence-electron chi connectivity index (χ4n) is 2.17. The summed E-state index contributed by atoms with van der Waals surface area (Å²) in [5, 5.41) is 4.02. The highest BCUT2D eigenvalue weighted by molar-refractivity contribution is 9.11. The van der Waals surface area contributed by atoms with Gasteiger partial charge in [-0.2, -0.15) is 0 Å². The molecule has 1 heterocycles. The van der Waals surface area contributed by atoms with Gasteiger partial charge in [-0.05, 0) is 72.0 Å². The third-order valence-corrected chi connectivity index (χ3v) is 6.40. The molecular weight excluding hydrogens is 422 g/mol. The highest BCUT2D eigenvalue weighted by Gasteiger charge is 2.15.